The molecule has 0 aromatic heterocycles. The lowest BCUT2D eigenvalue weighted by Gasteiger charge is -2.10. The minimum atomic E-state index is -0.513. The zero-order chi connectivity index (χ0) is 16.4. The summed E-state index contributed by atoms with van der Waals surface area (Å²) in [4.78, 5) is 23.1. The Morgan fingerprint density at radius 3 is 2.61 bits per heavy atom. The molecule has 2 aromatic carbocycles. The average Bonchev–Trinajstić information content (AvgIpc) is 3.37. The summed E-state index contributed by atoms with van der Waals surface area (Å²) in [6.45, 7) is 2.82. The largest absolute Gasteiger partial charge is 0.490 e. The maximum absolute atomic E-state index is 12.6. The quantitative estimate of drug-likeness (QED) is 0.354. The summed E-state index contributed by atoms with van der Waals surface area (Å²) in [6, 6.07) is 11.2. The number of nitro groups is 1. The van der Waals surface area contributed by atoms with Gasteiger partial charge in [0.05, 0.1) is 23.2 Å². The van der Waals surface area contributed by atoms with Gasteiger partial charge in [0.25, 0.3) is 5.69 Å². The van der Waals surface area contributed by atoms with Gasteiger partial charge in [-0.05, 0) is 13.0 Å². The Morgan fingerprint density at radius 1 is 1.30 bits per heavy atom. The highest BCUT2D eigenvalue weighted by Gasteiger charge is 2.25. The monoisotopic (exact) mass is 313 g/mol. The number of carbonyl (C=O) groups excluding carboxylic acids is 1. The van der Waals surface area contributed by atoms with Crippen LogP contribution in [0.25, 0.3) is 0 Å². The van der Waals surface area contributed by atoms with Gasteiger partial charge in [-0.25, -0.2) is 0 Å². The number of rotatable bonds is 6. The third kappa shape index (κ3) is 3.54. The van der Waals surface area contributed by atoms with Gasteiger partial charge in [-0.3, -0.25) is 14.9 Å². The van der Waals surface area contributed by atoms with Crippen molar-refractivity contribution in [2.24, 2.45) is 0 Å². The van der Waals surface area contributed by atoms with Gasteiger partial charge in [-0.15, -0.1) is 0 Å². The van der Waals surface area contributed by atoms with E-state index in [2.05, 4.69) is 0 Å². The second kappa shape index (κ2) is 6.18. The molecule has 1 aliphatic rings. The number of carbonyl (C=O) groups is 1. The van der Waals surface area contributed by atoms with Crippen molar-refractivity contribution in [1.82, 2.24) is 0 Å². The number of nitrogens with zero attached hydrogens (tertiary/aromatic N) is 1. The van der Waals surface area contributed by atoms with Crippen LogP contribution in [-0.4, -0.2) is 30.0 Å². The molecule has 1 atom stereocenters. The van der Waals surface area contributed by atoms with E-state index in [1.807, 2.05) is 19.1 Å². The molecular formula is C17H15NO5. The van der Waals surface area contributed by atoms with E-state index in [1.54, 1.807) is 12.1 Å². The van der Waals surface area contributed by atoms with Crippen molar-refractivity contribution in [1.29, 1.82) is 0 Å². The van der Waals surface area contributed by atoms with Crippen molar-refractivity contribution >= 4 is 11.5 Å². The number of non-ortho nitro benzene ring substituents is 1. The highest BCUT2D eigenvalue weighted by atomic mass is 16.6. The molecule has 0 bridgehead atoms. The minimum absolute atomic E-state index is 0.00316. The Labute approximate surface area is 132 Å². The van der Waals surface area contributed by atoms with Crippen molar-refractivity contribution in [3.05, 3.63) is 69.3 Å². The first-order valence-corrected chi connectivity index (χ1v) is 7.19. The molecule has 1 fully saturated rings. The molecule has 0 amide bonds. The molecule has 0 saturated carbocycles. The number of hydrogen-bond acceptors (Lipinski definition) is 5. The Bertz CT molecular complexity index is 750. The van der Waals surface area contributed by atoms with Gasteiger partial charge in [0.15, 0.2) is 5.78 Å². The predicted molar refractivity (Wildman–Crippen MR) is 82.9 cm³/mol. The maximum Gasteiger partial charge on any atom is 0.273 e. The van der Waals surface area contributed by atoms with Crippen LogP contribution in [0, 0.1) is 17.0 Å². The van der Waals surface area contributed by atoms with Crippen LogP contribution < -0.4 is 4.74 Å². The number of benzene rings is 2. The Kier molecular flexibility index (Phi) is 4.08. The molecule has 3 rings (SSSR count). The summed E-state index contributed by atoms with van der Waals surface area (Å²) < 4.78 is 10.6. The van der Waals surface area contributed by atoms with Crippen molar-refractivity contribution in [2.75, 3.05) is 13.2 Å². The van der Waals surface area contributed by atoms with E-state index < -0.39 is 4.92 Å². The molecule has 118 valence electrons. The van der Waals surface area contributed by atoms with Crippen LogP contribution >= 0.6 is 0 Å². The first-order valence-electron chi connectivity index (χ1n) is 7.19. The molecule has 1 unspecified atom stereocenters. The molecule has 1 heterocycles. The highest BCUT2D eigenvalue weighted by Crippen LogP contribution is 2.28. The van der Waals surface area contributed by atoms with Crippen LogP contribution in [0.4, 0.5) is 5.69 Å². The summed E-state index contributed by atoms with van der Waals surface area (Å²) in [5.41, 5.74) is 1.75. The average molecular weight is 313 g/mol. The maximum atomic E-state index is 12.6. The van der Waals surface area contributed by atoms with Gasteiger partial charge in [0, 0.05) is 11.6 Å². The second-order valence-corrected chi connectivity index (χ2v) is 5.40. The Balaban J connectivity index is 1.93. The molecule has 0 radical (unpaired) electrons. The summed E-state index contributed by atoms with van der Waals surface area (Å²) >= 11 is 0. The molecule has 1 aliphatic heterocycles. The lowest BCUT2D eigenvalue weighted by atomic mass is 10.0. The molecule has 2 aromatic rings. The van der Waals surface area contributed by atoms with E-state index >= 15 is 0 Å². The third-order valence-corrected chi connectivity index (χ3v) is 3.56. The summed E-state index contributed by atoms with van der Waals surface area (Å²) in [5.74, 6) is -0.0214. The molecule has 6 heteroatoms. The van der Waals surface area contributed by atoms with Gasteiger partial charge >= 0.3 is 0 Å². The minimum Gasteiger partial charge on any atom is -0.490 e. The fraction of sp³-hybridized carbons (Fsp3) is 0.235. The summed E-state index contributed by atoms with van der Waals surface area (Å²) in [7, 11) is 0. The second-order valence-electron chi connectivity index (χ2n) is 5.40. The van der Waals surface area contributed by atoms with Gasteiger partial charge in [-0.2, -0.15) is 0 Å². The molecule has 0 aliphatic carbocycles. The lowest BCUT2D eigenvalue weighted by molar-refractivity contribution is -0.384. The molecule has 6 nitrogen and oxygen atoms in total. The first kappa shape index (κ1) is 15.2. The molecule has 0 N–H and O–H groups in total. The zero-order valence-electron chi connectivity index (χ0n) is 12.5. The van der Waals surface area contributed by atoms with E-state index in [-0.39, 0.29) is 29.9 Å². The van der Waals surface area contributed by atoms with E-state index in [0.717, 1.165) is 5.56 Å². The topological polar surface area (TPSA) is 82.0 Å². The SMILES string of the molecule is Cc1ccc(C(=O)c2ccc([N+](=O)[O-])cc2OCC2CO2)cc1. The number of ketones is 1. The lowest BCUT2D eigenvalue weighted by Crippen LogP contribution is -2.10. The molecule has 23 heavy (non-hydrogen) atoms. The molecular weight excluding hydrogens is 298 g/mol. The number of aryl methyl sites for hydroxylation is 1. The van der Waals surface area contributed by atoms with E-state index in [9.17, 15) is 14.9 Å². The molecule has 0 spiro atoms. The summed E-state index contributed by atoms with van der Waals surface area (Å²) in [5, 5.41) is 10.9. The molecule has 1 saturated heterocycles. The van der Waals surface area contributed by atoms with E-state index in [4.69, 9.17) is 9.47 Å². The Hall–Kier alpha value is -2.73. The zero-order valence-corrected chi connectivity index (χ0v) is 12.5. The van der Waals surface area contributed by atoms with Crippen molar-refractivity contribution in [3.8, 4) is 5.75 Å². The van der Waals surface area contributed by atoms with Crippen LogP contribution in [0.1, 0.15) is 21.5 Å². The van der Waals surface area contributed by atoms with Crippen LogP contribution in [0.5, 0.6) is 5.75 Å². The summed E-state index contributed by atoms with van der Waals surface area (Å²) in [6.07, 6.45) is -0.00316. The van der Waals surface area contributed by atoms with E-state index in [0.29, 0.717) is 17.7 Å². The van der Waals surface area contributed by atoms with Crippen molar-refractivity contribution < 1.29 is 19.2 Å². The van der Waals surface area contributed by atoms with Crippen molar-refractivity contribution in [3.63, 3.8) is 0 Å². The van der Waals surface area contributed by atoms with Crippen LogP contribution in [0.15, 0.2) is 42.5 Å². The Morgan fingerprint density at radius 2 is 2.00 bits per heavy atom. The van der Waals surface area contributed by atoms with Crippen molar-refractivity contribution in [2.45, 2.75) is 13.0 Å². The number of ether oxygens (including phenoxy) is 2. The number of epoxide rings is 1. The highest BCUT2D eigenvalue weighted by molar-refractivity contribution is 6.10. The predicted octanol–water partition coefficient (Wildman–Crippen LogP) is 2.91. The van der Waals surface area contributed by atoms with Gasteiger partial charge < -0.3 is 9.47 Å². The van der Waals surface area contributed by atoms with E-state index in [1.165, 1.54) is 18.2 Å². The fourth-order valence-electron chi connectivity index (χ4n) is 2.14. The van der Waals surface area contributed by atoms with Crippen LogP contribution in [-0.2, 0) is 4.74 Å². The number of hydrogen-bond donors (Lipinski definition) is 0. The van der Waals surface area contributed by atoms with Gasteiger partial charge in [0.1, 0.15) is 18.5 Å². The van der Waals surface area contributed by atoms with Crippen LogP contribution in [0.2, 0.25) is 0 Å². The normalized spacial score (nSPS) is 16.0. The standard InChI is InChI=1S/C17H15NO5/c1-11-2-4-12(5-3-11)17(19)15-7-6-13(18(20)21)8-16(15)23-10-14-9-22-14/h2-8,14H,9-10H2,1H3. The smallest absolute Gasteiger partial charge is 0.273 e. The van der Waals surface area contributed by atoms with Gasteiger partial charge in [-0.1, -0.05) is 29.8 Å². The number of nitro benzene ring substituents is 1. The van der Waals surface area contributed by atoms with Gasteiger partial charge in [0.2, 0.25) is 0 Å². The van der Waals surface area contributed by atoms with Crippen LogP contribution in [0.3, 0.4) is 0 Å². The third-order valence-electron chi connectivity index (χ3n) is 3.56. The first-order chi connectivity index (χ1) is 11.0. The fourth-order valence-corrected chi connectivity index (χ4v) is 2.14.